The van der Waals surface area contributed by atoms with Gasteiger partial charge in [0.2, 0.25) is 0 Å². The van der Waals surface area contributed by atoms with Gasteiger partial charge in [-0.25, -0.2) is 4.99 Å². The first-order valence-electron chi connectivity index (χ1n) is 8.29. The average Bonchev–Trinajstić information content (AvgIpc) is 2.39. The molecule has 4 aliphatic rings. The van der Waals surface area contributed by atoms with Crippen LogP contribution in [-0.4, -0.2) is 11.5 Å². The highest BCUT2D eigenvalue weighted by Gasteiger charge is 2.51. The predicted octanol–water partition coefficient (Wildman–Crippen LogP) is 3.69. The van der Waals surface area contributed by atoms with Crippen molar-refractivity contribution in [3.63, 3.8) is 0 Å². The van der Waals surface area contributed by atoms with Crippen LogP contribution >= 0.6 is 0 Å². The standard InChI is InChI=1S/C18H25N3/c1-12-2-4-16(5-3-12)20-17(19)21-18-9-13-6-14(10-18)8-15(7-13)11-18/h2-5,13-15H,6-11H2,1H3,(H3,19,20,21). The summed E-state index contributed by atoms with van der Waals surface area (Å²) in [4.78, 5) is 4.97. The van der Waals surface area contributed by atoms with E-state index in [-0.39, 0.29) is 5.54 Å². The molecule has 4 bridgehead atoms. The number of nitrogens with zero attached hydrogens (tertiary/aromatic N) is 1. The van der Waals surface area contributed by atoms with E-state index < -0.39 is 0 Å². The van der Waals surface area contributed by atoms with E-state index in [1.165, 1.54) is 44.1 Å². The fourth-order valence-corrected chi connectivity index (χ4v) is 5.27. The number of hydrogen-bond donors (Lipinski definition) is 2. The van der Waals surface area contributed by atoms with E-state index in [2.05, 4.69) is 36.5 Å². The Hall–Kier alpha value is -1.51. The maximum absolute atomic E-state index is 6.20. The van der Waals surface area contributed by atoms with E-state index in [1.807, 2.05) is 0 Å². The van der Waals surface area contributed by atoms with Crippen molar-refractivity contribution in [3.8, 4) is 0 Å². The van der Waals surface area contributed by atoms with E-state index in [0.717, 1.165) is 23.4 Å². The molecule has 0 spiro atoms. The van der Waals surface area contributed by atoms with Crippen molar-refractivity contribution < 1.29 is 0 Å². The number of hydrogen-bond acceptors (Lipinski definition) is 1. The van der Waals surface area contributed by atoms with Gasteiger partial charge in [0.1, 0.15) is 0 Å². The maximum Gasteiger partial charge on any atom is 0.193 e. The number of nitrogens with two attached hydrogens (primary N) is 1. The van der Waals surface area contributed by atoms with Gasteiger partial charge in [-0.15, -0.1) is 0 Å². The highest BCUT2D eigenvalue weighted by molar-refractivity contribution is 5.92. The molecule has 1 aromatic carbocycles. The van der Waals surface area contributed by atoms with Gasteiger partial charge < -0.3 is 11.1 Å². The average molecular weight is 283 g/mol. The molecule has 4 saturated carbocycles. The molecule has 3 N–H and O–H groups in total. The summed E-state index contributed by atoms with van der Waals surface area (Å²) >= 11 is 0. The Balaban J connectivity index is 1.52. The molecule has 3 nitrogen and oxygen atoms in total. The summed E-state index contributed by atoms with van der Waals surface area (Å²) in [6, 6.07) is 8.33. The number of nitrogens with one attached hydrogen (secondary N) is 1. The first kappa shape index (κ1) is 13.2. The smallest absolute Gasteiger partial charge is 0.193 e. The van der Waals surface area contributed by atoms with Crippen LogP contribution in [0.4, 0.5) is 5.69 Å². The molecular formula is C18H25N3. The Morgan fingerprint density at radius 3 is 2.10 bits per heavy atom. The second kappa shape index (κ2) is 4.75. The Kier molecular flexibility index (Phi) is 2.98. The SMILES string of the molecule is Cc1ccc(NC(N)=NC23CC4CC(CC(C4)C2)C3)cc1. The van der Waals surface area contributed by atoms with Crippen molar-refractivity contribution in [2.75, 3.05) is 5.32 Å². The summed E-state index contributed by atoms with van der Waals surface area (Å²) in [5.41, 5.74) is 8.65. The zero-order valence-corrected chi connectivity index (χ0v) is 12.8. The number of rotatable bonds is 2. The largest absolute Gasteiger partial charge is 0.370 e. The van der Waals surface area contributed by atoms with E-state index in [0.29, 0.717) is 5.96 Å². The van der Waals surface area contributed by atoms with Crippen molar-refractivity contribution in [2.24, 2.45) is 28.5 Å². The number of aliphatic imine (C=N–C) groups is 1. The van der Waals surface area contributed by atoms with Crippen molar-refractivity contribution in [2.45, 2.75) is 51.0 Å². The van der Waals surface area contributed by atoms with Crippen LogP contribution in [0.15, 0.2) is 29.3 Å². The minimum Gasteiger partial charge on any atom is -0.370 e. The van der Waals surface area contributed by atoms with Crippen LogP contribution in [0, 0.1) is 24.7 Å². The van der Waals surface area contributed by atoms with Crippen LogP contribution in [0.3, 0.4) is 0 Å². The maximum atomic E-state index is 6.20. The van der Waals surface area contributed by atoms with E-state index >= 15 is 0 Å². The van der Waals surface area contributed by atoms with Crippen LogP contribution in [0.2, 0.25) is 0 Å². The lowest BCUT2D eigenvalue weighted by atomic mass is 9.53. The highest BCUT2D eigenvalue weighted by atomic mass is 15.1. The number of anilines is 1. The van der Waals surface area contributed by atoms with Crippen molar-refractivity contribution in [3.05, 3.63) is 29.8 Å². The third-order valence-corrected chi connectivity index (χ3v) is 5.69. The summed E-state index contributed by atoms with van der Waals surface area (Å²) in [5, 5.41) is 3.27. The fourth-order valence-electron chi connectivity index (χ4n) is 5.27. The van der Waals surface area contributed by atoms with Crippen LogP contribution in [0.5, 0.6) is 0 Å². The summed E-state index contributed by atoms with van der Waals surface area (Å²) in [7, 11) is 0. The lowest BCUT2D eigenvalue weighted by Crippen LogP contribution is -2.50. The lowest BCUT2D eigenvalue weighted by Gasteiger charge is -2.54. The predicted molar refractivity (Wildman–Crippen MR) is 87.3 cm³/mol. The van der Waals surface area contributed by atoms with Gasteiger partial charge >= 0.3 is 0 Å². The number of aryl methyl sites for hydroxylation is 1. The van der Waals surface area contributed by atoms with E-state index in [4.69, 9.17) is 10.7 Å². The minimum atomic E-state index is 0.149. The molecule has 5 rings (SSSR count). The highest BCUT2D eigenvalue weighted by Crippen LogP contribution is 2.57. The minimum absolute atomic E-state index is 0.149. The van der Waals surface area contributed by atoms with Crippen molar-refractivity contribution in [1.29, 1.82) is 0 Å². The zero-order chi connectivity index (χ0) is 14.4. The normalized spacial score (nSPS) is 37.8. The third kappa shape index (κ3) is 2.54. The molecule has 112 valence electrons. The molecule has 4 fully saturated rings. The fraction of sp³-hybridized carbons (Fsp3) is 0.611. The summed E-state index contributed by atoms with van der Waals surface area (Å²) in [6.07, 6.45) is 8.11. The molecule has 0 unspecified atom stereocenters. The zero-order valence-electron chi connectivity index (χ0n) is 12.8. The quantitative estimate of drug-likeness (QED) is 0.642. The van der Waals surface area contributed by atoms with Gasteiger partial charge in [0, 0.05) is 5.69 Å². The van der Waals surface area contributed by atoms with Crippen molar-refractivity contribution in [1.82, 2.24) is 0 Å². The molecule has 21 heavy (non-hydrogen) atoms. The number of benzene rings is 1. The molecule has 3 heteroatoms. The molecule has 1 aromatic rings. The van der Waals surface area contributed by atoms with Crippen LogP contribution in [0.25, 0.3) is 0 Å². The van der Waals surface area contributed by atoms with Gasteiger partial charge in [-0.1, -0.05) is 17.7 Å². The second-order valence-electron chi connectivity index (χ2n) is 7.63. The summed E-state index contributed by atoms with van der Waals surface area (Å²) in [6.45, 7) is 2.09. The molecule has 0 aliphatic heterocycles. The second-order valence-corrected chi connectivity index (χ2v) is 7.63. The van der Waals surface area contributed by atoms with Crippen LogP contribution in [-0.2, 0) is 0 Å². The van der Waals surface area contributed by atoms with E-state index in [9.17, 15) is 0 Å². The van der Waals surface area contributed by atoms with E-state index in [1.54, 1.807) is 0 Å². The molecule has 0 aromatic heterocycles. The van der Waals surface area contributed by atoms with Gasteiger partial charge in [0.15, 0.2) is 5.96 Å². The topological polar surface area (TPSA) is 50.4 Å². The first-order chi connectivity index (χ1) is 10.1. The lowest BCUT2D eigenvalue weighted by molar-refractivity contribution is 0.00164. The van der Waals surface area contributed by atoms with Gasteiger partial charge in [-0.3, -0.25) is 0 Å². The number of guanidine groups is 1. The Morgan fingerprint density at radius 2 is 1.57 bits per heavy atom. The van der Waals surface area contributed by atoms with Gasteiger partial charge in [0.25, 0.3) is 0 Å². The molecule has 0 radical (unpaired) electrons. The summed E-state index contributed by atoms with van der Waals surface area (Å²) in [5.74, 6) is 3.33. The summed E-state index contributed by atoms with van der Waals surface area (Å²) < 4.78 is 0. The molecule has 4 aliphatic carbocycles. The van der Waals surface area contributed by atoms with Crippen LogP contribution < -0.4 is 11.1 Å². The third-order valence-electron chi connectivity index (χ3n) is 5.69. The van der Waals surface area contributed by atoms with Crippen molar-refractivity contribution >= 4 is 11.6 Å². The first-order valence-corrected chi connectivity index (χ1v) is 8.29. The van der Waals surface area contributed by atoms with Gasteiger partial charge in [-0.2, -0.15) is 0 Å². The molecule has 0 atom stereocenters. The molecule has 0 amide bonds. The van der Waals surface area contributed by atoms with Gasteiger partial charge in [0.05, 0.1) is 5.54 Å². The van der Waals surface area contributed by atoms with Crippen LogP contribution in [0.1, 0.15) is 44.1 Å². The Morgan fingerprint density at radius 1 is 1.05 bits per heavy atom. The monoisotopic (exact) mass is 283 g/mol. The Labute approximate surface area is 127 Å². The molecular weight excluding hydrogens is 258 g/mol. The Bertz CT molecular complexity index is 523. The molecule has 0 saturated heterocycles. The molecule has 0 heterocycles. The van der Waals surface area contributed by atoms with Gasteiger partial charge in [-0.05, 0) is 75.3 Å².